The highest BCUT2D eigenvalue weighted by Crippen LogP contribution is 2.19. The zero-order valence-electron chi connectivity index (χ0n) is 19.1. The Hall–Kier alpha value is -3.08. The number of nitrogens with zero attached hydrogens (tertiary/aromatic N) is 2. The van der Waals surface area contributed by atoms with Crippen LogP contribution in [0.2, 0.25) is 0 Å². The van der Waals surface area contributed by atoms with Crippen molar-refractivity contribution in [3.05, 3.63) is 71.6 Å². The number of nitrogens with one attached hydrogen (secondary N) is 3. The molecular weight excluding hydrogens is 533 g/mol. The summed E-state index contributed by atoms with van der Waals surface area (Å²) in [4.78, 5) is 21.3. The Morgan fingerprint density at radius 3 is 2.39 bits per heavy atom. The van der Waals surface area contributed by atoms with E-state index in [0.717, 1.165) is 17.8 Å². The summed E-state index contributed by atoms with van der Waals surface area (Å²) in [6, 6.07) is 15.0. The lowest BCUT2D eigenvalue weighted by atomic mass is 10.1. The number of aryl methyl sites for hydroxylation is 1. The highest BCUT2D eigenvalue weighted by atomic mass is 127. The van der Waals surface area contributed by atoms with Gasteiger partial charge in [-0.05, 0) is 50.2 Å². The molecule has 0 unspecified atom stereocenters. The molecule has 0 aliphatic rings. The number of hydrogen-bond donors (Lipinski definition) is 3. The van der Waals surface area contributed by atoms with Crippen molar-refractivity contribution in [2.75, 3.05) is 26.7 Å². The van der Waals surface area contributed by atoms with Gasteiger partial charge in [0.25, 0.3) is 5.91 Å². The zero-order valence-corrected chi connectivity index (χ0v) is 21.4. The molecule has 0 saturated heterocycles. The van der Waals surface area contributed by atoms with Crippen molar-refractivity contribution in [2.45, 2.75) is 20.4 Å². The molecule has 0 bridgehead atoms. The van der Waals surface area contributed by atoms with E-state index in [-0.39, 0.29) is 29.9 Å². The minimum absolute atomic E-state index is 0. The van der Waals surface area contributed by atoms with E-state index in [4.69, 9.17) is 9.15 Å². The van der Waals surface area contributed by atoms with E-state index < -0.39 is 0 Å². The lowest BCUT2D eigenvalue weighted by Gasteiger charge is -2.11. The molecule has 0 atom stereocenters. The predicted octanol–water partition coefficient (Wildman–Crippen LogP) is 3.76. The van der Waals surface area contributed by atoms with Gasteiger partial charge in [0.15, 0.2) is 5.96 Å². The molecule has 3 N–H and O–H groups in total. The third kappa shape index (κ3) is 8.08. The number of aromatic nitrogens is 1. The summed E-state index contributed by atoms with van der Waals surface area (Å²) < 4.78 is 10.7. The molecule has 0 saturated carbocycles. The number of ether oxygens (including phenoxy) is 1. The molecule has 176 valence electrons. The standard InChI is InChI=1S/C24H29N5O3.HI/c1-4-25-24(27-14-13-26-22(30)18-9-11-21(31-3)12-10-18)28-15-20-16-32-23(29-20)19-7-5-17(2)6-8-19;/h5-12,16H,4,13-15H2,1-3H3,(H,26,30)(H2,25,27,28);1H. The number of guanidine groups is 1. The fourth-order valence-electron chi connectivity index (χ4n) is 2.91. The molecule has 2 aromatic carbocycles. The van der Waals surface area contributed by atoms with E-state index in [9.17, 15) is 4.79 Å². The van der Waals surface area contributed by atoms with E-state index in [1.54, 1.807) is 37.6 Å². The summed E-state index contributed by atoms with van der Waals surface area (Å²) >= 11 is 0. The molecule has 1 amide bonds. The lowest BCUT2D eigenvalue weighted by molar-refractivity contribution is 0.0954. The van der Waals surface area contributed by atoms with Crippen molar-refractivity contribution in [3.63, 3.8) is 0 Å². The molecule has 0 spiro atoms. The molecule has 0 fully saturated rings. The van der Waals surface area contributed by atoms with Crippen LogP contribution in [0.3, 0.4) is 0 Å². The first kappa shape index (κ1) is 26.2. The monoisotopic (exact) mass is 563 g/mol. The predicted molar refractivity (Wildman–Crippen MR) is 140 cm³/mol. The van der Waals surface area contributed by atoms with Crippen LogP contribution >= 0.6 is 24.0 Å². The van der Waals surface area contributed by atoms with E-state index in [0.29, 0.717) is 42.8 Å². The number of methoxy groups -OCH3 is 1. The Kier molecular flexibility index (Phi) is 10.7. The van der Waals surface area contributed by atoms with Gasteiger partial charge in [-0.1, -0.05) is 17.7 Å². The molecule has 8 nitrogen and oxygen atoms in total. The van der Waals surface area contributed by atoms with Gasteiger partial charge < -0.3 is 25.1 Å². The van der Waals surface area contributed by atoms with Crippen molar-refractivity contribution in [1.29, 1.82) is 0 Å². The highest BCUT2D eigenvalue weighted by Gasteiger charge is 2.08. The van der Waals surface area contributed by atoms with Gasteiger partial charge in [-0.25, -0.2) is 9.98 Å². The lowest BCUT2D eigenvalue weighted by Crippen LogP contribution is -2.41. The van der Waals surface area contributed by atoms with E-state index in [2.05, 4.69) is 25.9 Å². The quantitative estimate of drug-likeness (QED) is 0.159. The van der Waals surface area contributed by atoms with Crippen LogP contribution in [0.4, 0.5) is 0 Å². The largest absolute Gasteiger partial charge is 0.497 e. The number of aliphatic imine (C=N–C) groups is 1. The van der Waals surface area contributed by atoms with Gasteiger partial charge in [-0.15, -0.1) is 24.0 Å². The Morgan fingerprint density at radius 1 is 1.03 bits per heavy atom. The van der Waals surface area contributed by atoms with Gasteiger partial charge in [0.1, 0.15) is 17.7 Å². The maximum absolute atomic E-state index is 12.2. The Labute approximate surface area is 211 Å². The number of benzene rings is 2. The van der Waals surface area contributed by atoms with Crippen LogP contribution in [0.1, 0.15) is 28.5 Å². The molecule has 0 aliphatic carbocycles. The summed E-state index contributed by atoms with van der Waals surface area (Å²) in [6.07, 6.45) is 1.62. The number of rotatable bonds is 9. The molecule has 9 heteroatoms. The first-order valence-corrected chi connectivity index (χ1v) is 10.5. The van der Waals surface area contributed by atoms with Gasteiger partial charge in [-0.3, -0.25) is 4.79 Å². The third-order valence-electron chi connectivity index (χ3n) is 4.65. The Morgan fingerprint density at radius 2 is 1.73 bits per heavy atom. The summed E-state index contributed by atoms with van der Waals surface area (Å²) in [5.74, 6) is 1.80. The number of oxazole rings is 1. The van der Waals surface area contributed by atoms with Crippen molar-refractivity contribution in [2.24, 2.45) is 4.99 Å². The number of halogens is 1. The van der Waals surface area contributed by atoms with Crippen molar-refractivity contribution in [3.8, 4) is 17.2 Å². The zero-order chi connectivity index (χ0) is 22.8. The number of hydrogen-bond acceptors (Lipinski definition) is 5. The summed E-state index contributed by atoms with van der Waals surface area (Å²) in [7, 11) is 1.59. The summed E-state index contributed by atoms with van der Waals surface area (Å²) in [6.45, 7) is 6.12. The van der Waals surface area contributed by atoms with Gasteiger partial charge in [0.05, 0.1) is 13.7 Å². The molecular formula is C24H30IN5O3. The van der Waals surface area contributed by atoms with Crippen molar-refractivity contribution < 1.29 is 13.9 Å². The first-order valence-electron chi connectivity index (χ1n) is 10.5. The maximum atomic E-state index is 12.2. The van der Waals surface area contributed by atoms with Gasteiger partial charge in [-0.2, -0.15) is 0 Å². The van der Waals surface area contributed by atoms with E-state index >= 15 is 0 Å². The fraction of sp³-hybridized carbons (Fsp3) is 0.292. The topological polar surface area (TPSA) is 101 Å². The van der Waals surface area contributed by atoms with Crippen molar-refractivity contribution >= 4 is 35.8 Å². The maximum Gasteiger partial charge on any atom is 0.251 e. The van der Waals surface area contributed by atoms with Crippen LogP contribution in [-0.2, 0) is 6.54 Å². The van der Waals surface area contributed by atoms with Crippen LogP contribution in [0.15, 0.2) is 64.2 Å². The highest BCUT2D eigenvalue weighted by molar-refractivity contribution is 14.0. The molecule has 0 aliphatic heterocycles. The molecule has 33 heavy (non-hydrogen) atoms. The van der Waals surface area contributed by atoms with Crippen LogP contribution in [0, 0.1) is 6.92 Å². The number of carbonyl (C=O) groups is 1. The van der Waals surface area contributed by atoms with E-state index in [1.807, 2.05) is 38.1 Å². The van der Waals surface area contributed by atoms with E-state index in [1.165, 1.54) is 5.56 Å². The van der Waals surface area contributed by atoms with Crippen molar-refractivity contribution in [1.82, 2.24) is 20.9 Å². The fourth-order valence-corrected chi connectivity index (χ4v) is 2.91. The Bertz CT molecular complexity index is 1030. The molecule has 1 heterocycles. The molecule has 0 radical (unpaired) electrons. The first-order chi connectivity index (χ1) is 15.6. The van der Waals surface area contributed by atoms with Crippen LogP contribution in [0.25, 0.3) is 11.5 Å². The second-order valence-electron chi connectivity index (χ2n) is 7.12. The van der Waals surface area contributed by atoms with Crippen LogP contribution in [-0.4, -0.2) is 43.6 Å². The smallest absolute Gasteiger partial charge is 0.251 e. The average Bonchev–Trinajstić information content (AvgIpc) is 3.29. The van der Waals surface area contributed by atoms with Gasteiger partial charge in [0.2, 0.25) is 5.89 Å². The minimum Gasteiger partial charge on any atom is -0.497 e. The normalized spacial score (nSPS) is 10.8. The second-order valence-corrected chi connectivity index (χ2v) is 7.12. The SMILES string of the molecule is CCNC(=NCc1coc(-c2ccc(C)cc2)n1)NCCNC(=O)c1ccc(OC)cc1.I. The van der Waals surface area contributed by atoms with Gasteiger partial charge in [0, 0.05) is 30.8 Å². The minimum atomic E-state index is -0.136. The molecule has 3 aromatic rings. The number of carbonyl (C=O) groups excluding carboxylic acids is 1. The summed E-state index contributed by atoms with van der Waals surface area (Å²) in [5, 5.41) is 9.27. The number of amides is 1. The third-order valence-corrected chi connectivity index (χ3v) is 4.65. The average molecular weight is 563 g/mol. The summed E-state index contributed by atoms with van der Waals surface area (Å²) in [5.41, 5.74) is 3.45. The van der Waals surface area contributed by atoms with Gasteiger partial charge >= 0.3 is 0 Å². The molecule has 1 aromatic heterocycles. The molecule has 3 rings (SSSR count). The van der Waals surface area contributed by atoms with Crippen LogP contribution in [0.5, 0.6) is 5.75 Å². The Balaban J connectivity index is 0.00000385. The second kappa shape index (κ2) is 13.5. The van der Waals surface area contributed by atoms with Crippen LogP contribution < -0.4 is 20.7 Å².